The standard InChI is InChI=1S/C37H47N7O3/c1-21-33(40-31-17-25(18-32(47-5)43(21)31)35(45)44-26-9-11-29(44)27(38)19-26)30-16-24-8-10-28(39-34(24)42(30)20-22-6-7-22)23-12-14-41(15-13-23)36(46)37(2,3)4/h8,10,16-18,22-23,26-27,29H,6-7,9,11-15,19-20,38H2,1-5H3/t26-,27+,29+/m0/s1. The number of rotatable bonds is 6. The Morgan fingerprint density at radius 2 is 1.77 bits per heavy atom. The van der Waals surface area contributed by atoms with E-state index in [1.807, 2.05) is 47.1 Å². The molecule has 0 spiro atoms. The van der Waals surface area contributed by atoms with E-state index in [2.05, 4.69) is 29.7 Å². The largest absolute Gasteiger partial charge is 0.482 e. The lowest BCUT2D eigenvalue weighted by Crippen LogP contribution is -2.43. The van der Waals surface area contributed by atoms with E-state index in [4.69, 9.17) is 20.4 Å². The van der Waals surface area contributed by atoms with Gasteiger partial charge in [-0.05, 0) is 82.1 Å². The molecule has 2 amide bonds. The molecule has 248 valence electrons. The molecule has 2 N–H and O–H groups in total. The number of methoxy groups -OCH3 is 1. The lowest BCUT2D eigenvalue weighted by molar-refractivity contribution is -0.140. The van der Waals surface area contributed by atoms with Crippen LogP contribution >= 0.6 is 0 Å². The third-order valence-corrected chi connectivity index (χ3v) is 11.2. The number of nitrogens with two attached hydrogens (primary N) is 1. The van der Waals surface area contributed by atoms with E-state index in [0.717, 1.165) is 85.5 Å². The predicted octanol–water partition coefficient (Wildman–Crippen LogP) is 5.53. The minimum atomic E-state index is -0.358. The first-order valence-electron chi connectivity index (χ1n) is 17.5. The number of ether oxygens (including phenoxy) is 1. The number of pyridine rings is 2. The number of aryl methyl sites for hydroxylation is 1. The van der Waals surface area contributed by atoms with Gasteiger partial charge in [0.25, 0.3) is 5.91 Å². The summed E-state index contributed by atoms with van der Waals surface area (Å²) >= 11 is 0. The Kier molecular flexibility index (Phi) is 7.17. The van der Waals surface area contributed by atoms with Gasteiger partial charge in [-0.3, -0.25) is 14.0 Å². The third kappa shape index (κ3) is 5.10. The van der Waals surface area contributed by atoms with Crippen molar-refractivity contribution in [1.82, 2.24) is 28.7 Å². The summed E-state index contributed by atoms with van der Waals surface area (Å²) in [5.74, 6) is 1.81. The van der Waals surface area contributed by atoms with Crippen LogP contribution in [0.4, 0.5) is 0 Å². The molecule has 0 radical (unpaired) electrons. The monoisotopic (exact) mass is 637 g/mol. The van der Waals surface area contributed by atoms with Crippen molar-refractivity contribution in [1.29, 1.82) is 0 Å². The van der Waals surface area contributed by atoms with Crippen LogP contribution in [-0.2, 0) is 11.3 Å². The molecule has 1 aliphatic carbocycles. The van der Waals surface area contributed by atoms with Gasteiger partial charge in [-0.15, -0.1) is 0 Å². The number of nitrogens with zero attached hydrogens (tertiary/aromatic N) is 6. The number of imidazole rings is 1. The first kappa shape index (κ1) is 30.4. The zero-order valence-electron chi connectivity index (χ0n) is 28.3. The Hall–Kier alpha value is -3.92. The molecule has 8 rings (SSSR count). The Morgan fingerprint density at radius 1 is 1.00 bits per heavy atom. The van der Waals surface area contributed by atoms with E-state index in [1.165, 1.54) is 12.8 Å². The number of hydrogen-bond acceptors (Lipinski definition) is 6. The summed E-state index contributed by atoms with van der Waals surface area (Å²) in [5, 5.41) is 1.10. The number of piperidine rings is 1. The maximum atomic E-state index is 13.8. The van der Waals surface area contributed by atoms with Crippen molar-refractivity contribution in [2.45, 2.75) is 103 Å². The molecule has 3 atom stereocenters. The Bertz CT molecular complexity index is 1890. The normalized spacial score (nSPS) is 23.4. The molecule has 4 aromatic rings. The Balaban J connectivity index is 1.15. The summed E-state index contributed by atoms with van der Waals surface area (Å²) in [6.07, 6.45) is 7.17. The van der Waals surface area contributed by atoms with Crippen molar-refractivity contribution >= 4 is 28.5 Å². The van der Waals surface area contributed by atoms with E-state index in [0.29, 0.717) is 28.9 Å². The van der Waals surface area contributed by atoms with Crippen molar-refractivity contribution in [3.8, 4) is 17.3 Å². The number of fused-ring (bicyclic) bond motifs is 4. The van der Waals surface area contributed by atoms with Crippen molar-refractivity contribution < 1.29 is 14.3 Å². The second-order valence-electron chi connectivity index (χ2n) is 15.5. The van der Waals surface area contributed by atoms with E-state index in [-0.39, 0.29) is 35.4 Å². The smallest absolute Gasteiger partial charge is 0.254 e. The van der Waals surface area contributed by atoms with Gasteiger partial charge in [-0.2, -0.15) is 0 Å². The van der Waals surface area contributed by atoms with Gasteiger partial charge in [0.05, 0.1) is 18.5 Å². The van der Waals surface area contributed by atoms with Crippen LogP contribution in [0.2, 0.25) is 0 Å². The van der Waals surface area contributed by atoms with Crippen molar-refractivity contribution in [3.63, 3.8) is 0 Å². The summed E-state index contributed by atoms with van der Waals surface area (Å²) in [4.78, 5) is 41.2. The van der Waals surface area contributed by atoms with Crippen LogP contribution in [0, 0.1) is 18.3 Å². The summed E-state index contributed by atoms with van der Waals surface area (Å²) in [6.45, 7) is 10.5. The van der Waals surface area contributed by atoms with Crippen molar-refractivity contribution in [2.75, 3.05) is 20.2 Å². The molecule has 10 heteroatoms. The number of aromatic nitrogens is 4. The molecule has 4 aliphatic rings. The lowest BCUT2D eigenvalue weighted by atomic mass is 9.89. The van der Waals surface area contributed by atoms with Crippen LogP contribution in [0.1, 0.15) is 93.4 Å². The Labute approximate surface area is 276 Å². The third-order valence-electron chi connectivity index (χ3n) is 11.2. The highest BCUT2D eigenvalue weighted by Crippen LogP contribution is 2.40. The van der Waals surface area contributed by atoms with Crippen LogP contribution < -0.4 is 10.5 Å². The van der Waals surface area contributed by atoms with Gasteiger partial charge < -0.3 is 24.8 Å². The molecule has 4 aromatic heterocycles. The number of amides is 2. The van der Waals surface area contributed by atoms with Crippen LogP contribution in [-0.4, -0.2) is 78.9 Å². The fraction of sp³-hybridized carbons (Fsp3) is 0.568. The zero-order chi connectivity index (χ0) is 32.8. The number of carbonyl (C=O) groups excluding carboxylic acids is 2. The van der Waals surface area contributed by atoms with Gasteiger partial charge in [0, 0.05) is 71.8 Å². The fourth-order valence-electron chi connectivity index (χ4n) is 8.46. The zero-order valence-corrected chi connectivity index (χ0v) is 28.3. The van der Waals surface area contributed by atoms with Crippen LogP contribution in [0.3, 0.4) is 0 Å². The summed E-state index contributed by atoms with van der Waals surface area (Å²) in [5.41, 5.74) is 12.3. The maximum absolute atomic E-state index is 13.8. The molecule has 0 aromatic carbocycles. The maximum Gasteiger partial charge on any atom is 0.254 e. The Morgan fingerprint density at radius 3 is 2.40 bits per heavy atom. The molecule has 2 bridgehead atoms. The topological polar surface area (TPSA) is 111 Å². The van der Waals surface area contributed by atoms with Gasteiger partial charge in [-0.25, -0.2) is 9.97 Å². The average molecular weight is 638 g/mol. The SMILES string of the molecule is COc1cc(C(=O)N2[C@H]3CC[C@@H]2[C@H](N)C3)cc2nc(-c3cc4ccc(C5CCN(C(=O)C(C)(C)C)CC5)nc4n3CC3CC3)c(C)n12. The van der Waals surface area contributed by atoms with Gasteiger partial charge in [-0.1, -0.05) is 20.8 Å². The average Bonchev–Trinajstić information content (AvgIpc) is 3.38. The first-order chi connectivity index (χ1) is 22.5. The molecule has 1 saturated carbocycles. The van der Waals surface area contributed by atoms with E-state index < -0.39 is 0 Å². The van der Waals surface area contributed by atoms with Crippen molar-refractivity contribution in [3.05, 3.63) is 47.3 Å². The lowest BCUT2D eigenvalue weighted by Gasteiger charge is -2.35. The summed E-state index contributed by atoms with van der Waals surface area (Å²) in [6, 6.07) is 10.7. The molecule has 47 heavy (non-hydrogen) atoms. The van der Waals surface area contributed by atoms with E-state index >= 15 is 0 Å². The van der Waals surface area contributed by atoms with Gasteiger partial charge in [0.1, 0.15) is 17.0 Å². The molecular weight excluding hydrogens is 590 g/mol. The highest BCUT2D eigenvalue weighted by molar-refractivity contribution is 5.97. The molecule has 3 aliphatic heterocycles. The van der Waals surface area contributed by atoms with E-state index in [9.17, 15) is 9.59 Å². The number of hydrogen-bond donors (Lipinski definition) is 1. The van der Waals surface area contributed by atoms with Crippen LogP contribution in [0.5, 0.6) is 5.88 Å². The summed E-state index contributed by atoms with van der Waals surface area (Å²) in [7, 11) is 1.65. The highest BCUT2D eigenvalue weighted by atomic mass is 16.5. The van der Waals surface area contributed by atoms with E-state index in [1.54, 1.807) is 7.11 Å². The first-order valence-corrected chi connectivity index (χ1v) is 17.5. The quantitative estimate of drug-likeness (QED) is 0.298. The molecule has 7 heterocycles. The predicted molar refractivity (Wildman–Crippen MR) is 182 cm³/mol. The minimum Gasteiger partial charge on any atom is -0.482 e. The van der Waals surface area contributed by atoms with Gasteiger partial charge in [0.2, 0.25) is 5.91 Å². The molecule has 4 fully saturated rings. The second kappa shape index (κ2) is 11.1. The minimum absolute atomic E-state index is 0.0154. The summed E-state index contributed by atoms with van der Waals surface area (Å²) < 4.78 is 10.3. The number of carbonyl (C=O) groups is 2. The highest BCUT2D eigenvalue weighted by Gasteiger charge is 2.47. The molecule has 0 unspecified atom stereocenters. The fourth-order valence-corrected chi connectivity index (χ4v) is 8.46. The van der Waals surface area contributed by atoms with Crippen molar-refractivity contribution in [2.24, 2.45) is 17.1 Å². The molecule has 3 saturated heterocycles. The number of likely N-dealkylation sites (tertiary alicyclic amines) is 1. The second-order valence-corrected chi connectivity index (χ2v) is 15.5. The van der Waals surface area contributed by atoms with Crippen LogP contribution in [0.15, 0.2) is 30.3 Å². The molecular formula is C37H47N7O3. The van der Waals surface area contributed by atoms with Crippen LogP contribution in [0.25, 0.3) is 28.1 Å². The van der Waals surface area contributed by atoms with Gasteiger partial charge in [0.15, 0.2) is 5.88 Å². The van der Waals surface area contributed by atoms with Gasteiger partial charge >= 0.3 is 0 Å². The molecule has 10 nitrogen and oxygen atoms in total.